The molecule has 11 heteroatoms. The Morgan fingerprint density at radius 1 is 0.900 bits per heavy atom. The lowest BCUT2D eigenvalue weighted by Gasteiger charge is -2.28. The zero-order valence-electron chi connectivity index (χ0n) is 18.2. The van der Waals surface area contributed by atoms with Crippen LogP contribution >= 0.6 is 0 Å². The molecule has 174 valence electrons. The number of carbonyl (C=O) groups excluding carboxylic acids is 3. The van der Waals surface area contributed by atoms with Gasteiger partial charge in [-0.1, -0.05) is 34.1 Å². The zero-order chi connectivity index (χ0) is 23.6. The van der Waals surface area contributed by atoms with Gasteiger partial charge in [0.1, 0.15) is 18.1 Å². The fourth-order valence-corrected chi connectivity index (χ4v) is 2.65. The van der Waals surface area contributed by atoms with E-state index in [1.165, 1.54) is 6.92 Å². The summed E-state index contributed by atoms with van der Waals surface area (Å²) in [5, 5.41) is 35.1. The molecular weight excluding hydrogens is 396 g/mol. The molecule has 11 nitrogen and oxygen atoms in total. The first-order valence-corrected chi connectivity index (χ1v) is 10.0. The number of nitrogens with one attached hydrogen (secondary N) is 3. The maximum Gasteiger partial charge on any atom is 0.328 e. The summed E-state index contributed by atoms with van der Waals surface area (Å²) in [6.45, 7) is 7.85. The number of aliphatic hydroxyl groups is 2. The van der Waals surface area contributed by atoms with Gasteiger partial charge in [-0.2, -0.15) is 0 Å². The molecule has 3 amide bonds. The molecule has 30 heavy (non-hydrogen) atoms. The molecule has 8 N–H and O–H groups in total. The number of hydrogen-bond acceptors (Lipinski definition) is 7. The third-order valence-corrected chi connectivity index (χ3v) is 4.71. The maximum absolute atomic E-state index is 12.9. The van der Waals surface area contributed by atoms with E-state index >= 15 is 0 Å². The summed E-state index contributed by atoms with van der Waals surface area (Å²) < 4.78 is 0. The highest BCUT2D eigenvalue weighted by molar-refractivity contribution is 5.94. The third kappa shape index (κ3) is 9.06. The van der Waals surface area contributed by atoms with E-state index in [1.54, 1.807) is 6.92 Å². The van der Waals surface area contributed by atoms with Gasteiger partial charge < -0.3 is 37.0 Å². The van der Waals surface area contributed by atoms with Crippen molar-refractivity contribution >= 4 is 23.7 Å². The van der Waals surface area contributed by atoms with E-state index in [4.69, 9.17) is 15.9 Å². The summed E-state index contributed by atoms with van der Waals surface area (Å²) >= 11 is 0. The van der Waals surface area contributed by atoms with Crippen molar-refractivity contribution in [2.24, 2.45) is 17.6 Å². The van der Waals surface area contributed by atoms with Gasteiger partial charge in [-0.3, -0.25) is 14.4 Å². The average molecular weight is 433 g/mol. The van der Waals surface area contributed by atoms with Gasteiger partial charge >= 0.3 is 5.97 Å². The number of rotatable bonds is 13. The Labute approximate surface area is 176 Å². The predicted octanol–water partition coefficient (Wildman–Crippen LogP) is -1.68. The zero-order valence-corrected chi connectivity index (χ0v) is 18.2. The van der Waals surface area contributed by atoms with Crippen LogP contribution in [0.5, 0.6) is 0 Å². The lowest BCUT2D eigenvalue weighted by Crippen LogP contribution is -2.59. The van der Waals surface area contributed by atoms with Crippen LogP contribution < -0.4 is 21.7 Å². The number of aliphatic hydroxyl groups excluding tert-OH is 2. The summed E-state index contributed by atoms with van der Waals surface area (Å²) in [6.07, 6.45) is -0.591. The molecule has 6 unspecified atom stereocenters. The fraction of sp³-hybridized carbons (Fsp3) is 0.789. The average Bonchev–Trinajstić information content (AvgIpc) is 2.66. The highest BCUT2D eigenvalue weighted by atomic mass is 16.4. The van der Waals surface area contributed by atoms with Crippen molar-refractivity contribution in [3.05, 3.63) is 0 Å². The van der Waals surface area contributed by atoms with Gasteiger partial charge in [0.2, 0.25) is 17.7 Å². The van der Waals surface area contributed by atoms with E-state index < -0.39 is 60.6 Å². The van der Waals surface area contributed by atoms with Crippen LogP contribution in [0.2, 0.25) is 0 Å². The van der Waals surface area contributed by atoms with Crippen LogP contribution in [0.15, 0.2) is 0 Å². The Kier molecular flexibility index (Phi) is 12.2. The van der Waals surface area contributed by atoms with Crippen LogP contribution in [-0.2, 0) is 19.2 Å². The first-order chi connectivity index (χ1) is 13.8. The number of carboxylic acids is 1. The molecule has 0 saturated carbocycles. The summed E-state index contributed by atoms with van der Waals surface area (Å²) in [4.78, 5) is 48.8. The summed E-state index contributed by atoms with van der Waals surface area (Å²) in [7, 11) is 0. The number of amides is 3. The number of carbonyl (C=O) groups is 4. The monoisotopic (exact) mass is 432 g/mol. The topological polar surface area (TPSA) is 191 Å². The molecule has 0 rings (SSSR count). The van der Waals surface area contributed by atoms with Gasteiger partial charge in [-0.25, -0.2) is 4.79 Å². The smallest absolute Gasteiger partial charge is 0.328 e. The Bertz CT molecular complexity index is 597. The van der Waals surface area contributed by atoms with Gasteiger partial charge in [-0.05, 0) is 25.2 Å². The molecule has 0 radical (unpaired) electrons. The number of hydrogen-bond donors (Lipinski definition) is 7. The minimum atomic E-state index is -1.53. The van der Waals surface area contributed by atoms with Crippen LogP contribution in [0.3, 0.4) is 0 Å². The molecule has 0 aliphatic carbocycles. The van der Waals surface area contributed by atoms with Crippen LogP contribution in [-0.4, -0.2) is 75.9 Å². The van der Waals surface area contributed by atoms with E-state index in [9.17, 15) is 24.3 Å². The van der Waals surface area contributed by atoms with Gasteiger partial charge in [0.25, 0.3) is 0 Å². The molecule has 0 heterocycles. The van der Waals surface area contributed by atoms with Crippen molar-refractivity contribution in [1.29, 1.82) is 0 Å². The molecule has 0 saturated heterocycles. The van der Waals surface area contributed by atoms with Crippen LogP contribution in [0.4, 0.5) is 0 Å². The maximum atomic E-state index is 12.9. The number of carboxylic acid groups (broad SMARTS) is 1. The summed E-state index contributed by atoms with van der Waals surface area (Å²) in [5.74, 6) is -3.82. The second kappa shape index (κ2) is 13.1. The molecule has 0 bridgehead atoms. The van der Waals surface area contributed by atoms with Crippen molar-refractivity contribution in [2.75, 3.05) is 6.61 Å². The lowest BCUT2D eigenvalue weighted by molar-refractivity contribution is -0.145. The van der Waals surface area contributed by atoms with Gasteiger partial charge in [-0.15, -0.1) is 0 Å². The minimum absolute atomic E-state index is 0.0182. The molecule has 0 aromatic rings. The van der Waals surface area contributed by atoms with Gasteiger partial charge in [0.05, 0.1) is 12.7 Å². The normalized spacial score (nSPS) is 17.2. The molecular formula is C19H36N4O7. The molecule has 0 aromatic heterocycles. The molecule has 0 aromatic carbocycles. The fourth-order valence-electron chi connectivity index (χ4n) is 2.65. The highest BCUT2D eigenvalue weighted by Gasteiger charge is 2.33. The second-order valence-corrected chi connectivity index (χ2v) is 7.92. The van der Waals surface area contributed by atoms with E-state index in [0.717, 1.165) is 0 Å². The number of aliphatic carboxylic acids is 1. The first-order valence-electron chi connectivity index (χ1n) is 10.0. The molecule has 6 atom stereocenters. The largest absolute Gasteiger partial charge is 0.480 e. The van der Waals surface area contributed by atoms with Crippen LogP contribution in [0.25, 0.3) is 0 Å². The number of nitrogens with two attached hydrogens (primary N) is 1. The molecule has 0 fully saturated rings. The first kappa shape index (κ1) is 27.8. The second-order valence-electron chi connectivity index (χ2n) is 7.92. The third-order valence-electron chi connectivity index (χ3n) is 4.71. The van der Waals surface area contributed by atoms with Gasteiger partial charge in [0, 0.05) is 0 Å². The lowest BCUT2D eigenvalue weighted by atomic mass is 9.96. The van der Waals surface area contributed by atoms with E-state index in [-0.39, 0.29) is 18.3 Å². The standard InChI is InChI=1S/C19H36N4O7/c1-6-10(4)14(22-16(26)12(20)8-24)18(28)21-13(7-9(2)3)17(27)23-15(11(5)25)19(29)30/h9-15,24-25H,6-8,20H2,1-5H3,(H,21,28)(H,22,26)(H,23,27)(H,29,30). The Morgan fingerprint density at radius 2 is 1.43 bits per heavy atom. The van der Waals surface area contributed by atoms with Crippen molar-refractivity contribution < 1.29 is 34.5 Å². The van der Waals surface area contributed by atoms with Crippen molar-refractivity contribution in [1.82, 2.24) is 16.0 Å². The molecule has 0 aliphatic heterocycles. The van der Waals surface area contributed by atoms with E-state index in [2.05, 4.69) is 16.0 Å². The van der Waals surface area contributed by atoms with Crippen LogP contribution in [0, 0.1) is 11.8 Å². The quantitative estimate of drug-likeness (QED) is 0.179. The van der Waals surface area contributed by atoms with E-state index in [0.29, 0.717) is 6.42 Å². The van der Waals surface area contributed by atoms with Crippen molar-refractivity contribution in [3.63, 3.8) is 0 Å². The Hall–Kier alpha value is -2.24. The molecule has 0 spiro atoms. The van der Waals surface area contributed by atoms with Gasteiger partial charge in [0.15, 0.2) is 6.04 Å². The highest BCUT2D eigenvalue weighted by Crippen LogP contribution is 2.11. The Balaban J connectivity index is 5.52. The molecule has 0 aliphatic rings. The van der Waals surface area contributed by atoms with E-state index in [1.807, 2.05) is 20.8 Å². The predicted molar refractivity (Wildman–Crippen MR) is 109 cm³/mol. The SMILES string of the molecule is CCC(C)C(NC(=O)C(N)CO)C(=O)NC(CC(C)C)C(=O)NC(C(=O)O)C(C)O. The van der Waals surface area contributed by atoms with Crippen molar-refractivity contribution in [2.45, 2.75) is 77.7 Å². The van der Waals surface area contributed by atoms with Crippen molar-refractivity contribution in [3.8, 4) is 0 Å². The minimum Gasteiger partial charge on any atom is -0.480 e. The summed E-state index contributed by atoms with van der Waals surface area (Å²) in [5.41, 5.74) is 5.50. The van der Waals surface area contributed by atoms with Crippen LogP contribution in [0.1, 0.15) is 47.5 Å². The Morgan fingerprint density at radius 3 is 1.83 bits per heavy atom. The summed E-state index contributed by atoms with van der Waals surface area (Å²) in [6, 6.07) is -4.80.